The Bertz CT molecular complexity index is 360. The van der Waals surface area contributed by atoms with E-state index in [2.05, 4.69) is 5.32 Å². The smallest absolute Gasteiger partial charge is 0.407 e. The van der Waals surface area contributed by atoms with E-state index in [0.29, 0.717) is 0 Å². The molecule has 6 heteroatoms. The van der Waals surface area contributed by atoms with Gasteiger partial charge in [0, 0.05) is 5.54 Å². The monoisotopic (exact) mass is 265 g/mol. The molecule has 0 aliphatic rings. The van der Waals surface area contributed by atoms with Gasteiger partial charge in [0.15, 0.2) is 9.84 Å². The summed E-state index contributed by atoms with van der Waals surface area (Å²) < 4.78 is 27.4. The number of nitrogens with one attached hydrogen (secondary N) is 1. The van der Waals surface area contributed by atoms with Crippen molar-refractivity contribution in [3.8, 4) is 0 Å². The van der Waals surface area contributed by atoms with Gasteiger partial charge in [0.2, 0.25) is 0 Å². The van der Waals surface area contributed by atoms with E-state index in [0.717, 1.165) is 0 Å². The van der Waals surface area contributed by atoms with Crippen molar-refractivity contribution >= 4 is 15.9 Å². The van der Waals surface area contributed by atoms with Crippen LogP contribution in [0.5, 0.6) is 0 Å². The molecule has 0 bridgehead atoms. The molecule has 0 saturated carbocycles. The molecule has 0 unspecified atom stereocenters. The predicted molar refractivity (Wildman–Crippen MR) is 67.8 cm³/mol. The van der Waals surface area contributed by atoms with Gasteiger partial charge in [-0.1, -0.05) is 0 Å². The highest BCUT2D eigenvalue weighted by Crippen LogP contribution is 2.15. The van der Waals surface area contributed by atoms with Gasteiger partial charge >= 0.3 is 6.09 Å². The maximum Gasteiger partial charge on any atom is 0.407 e. The van der Waals surface area contributed by atoms with Gasteiger partial charge < -0.3 is 10.1 Å². The van der Waals surface area contributed by atoms with Gasteiger partial charge in [0.25, 0.3) is 0 Å². The highest BCUT2D eigenvalue weighted by atomic mass is 32.2. The lowest BCUT2D eigenvalue weighted by molar-refractivity contribution is 0.144. The lowest BCUT2D eigenvalue weighted by atomic mass is 10.1. The van der Waals surface area contributed by atoms with Crippen molar-refractivity contribution in [1.29, 1.82) is 0 Å². The number of carbonyl (C=O) groups is 1. The molecule has 0 saturated heterocycles. The molecule has 0 aromatic rings. The number of hydrogen-bond acceptors (Lipinski definition) is 4. The molecule has 1 amide bonds. The van der Waals surface area contributed by atoms with Crippen molar-refractivity contribution < 1.29 is 17.9 Å². The molecule has 0 aromatic heterocycles. The highest BCUT2D eigenvalue weighted by molar-refractivity contribution is 7.92. The molecule has 0 radical (unpaired) electrons. The number of alkyl carbamates (subject to hydrolysis) is 1. The maximum absolute atomic E-state index is 11.7. The summed E-state index contributed by atoms with van der Waals surface area (Å²) in [6, 6.07) is 0. The van der Waals surface area contributed by atoms with Crippen molar-refractivity contribution in [3.05, 3.63) is 0 Å². The normalized spacial score (nSPS) is 13.3. The van der Waals surface area contributed by atoms with E-state index in [-0.39, 0.29) is 17.9 Å². The summed E-state index contributed by atoms with van der Waals surface area (Å²) in [4.78, 5) is 11.3. The van der Waals surface area contributed by atoms with Crippen LogP contribution in [0.25, 0.3) is 0 Å². The number of sulfone groups is 1. The van der Waals surface area contributed by atoms with Gasteiger partial charge in [-0.15, -0.1) is 0 Å². The van der Waals surface area contributed by atoms with Gasteiger partial charge in [-0.3, -0.25) is 0 Å². The molecule has 0 rings (SSSR count). The molecule has 0 atom stereocenters. The molecule has 102 valence electrons. The molecule has 0 heterocycles. The van der Waals surface area contributed by atoms with Crippen LogP contribution in [0.4, 0.5) is 4.79 Å². The van der Waals surface area contributed by atoms with Crippen molar-refractivity contribution in [2.45, 2.75) is 51.8 Å². The van der Waals surface area contributed by atoms with E-state index in [1.54, 1.807) is 20.8 Å². The van der Waals surface area contributed by atoms with Gasteiger partial charge in [0.1, 0.15) is 6.61 Å². The van der Waals surface area contributed by atoms with Crippen LogP contribution in [0.1, 0.15) is 41.5 Å². The molecule has 0 spiro atoms. The average Bonchev–Trinajstić information content (AvgIpc) is 1.97. The largest absolute Gasteiger partial charge is 0.448 e. The fourth-order valence-electron chi connectivity index (χ4n) is 0.893. The number of ether oxygens (including phenoxy) is 1. The van der Waals surface area contributed by atoms with Crippen molar-refractivity contribution in [3.63, 3.8) is 0 Å². The zero-order valence-corrected chi connectivity index (χ0v) is 12.3. The van der Waals surface area contributed by atoms with Crippen LogP contribution < -0.4 is 5.32 Å². The van der Waals surface area contributed by atoms with E-state index in [9.17, 15) is 13.2 Å². The van der Waals surface area contributed by atoms with Crippen molar-refractivity contribution in [2.75, 3.05) is 12.4 Å². The summed E-state index contributed by atoms with van der Waals surface area (Å²) in [6.07, 6.45) is -0.596. The van der Waals surface area contributed by atoms with Crippen LogP contribution in [0.3, 0.4) is 0 Å². The molecule has 5 nitrogen and oxygen atoms in total. The summed E-state index contributed by atoms with van der Waals surface area (Å²) in [5, 5.41) is 2.59. The molecule has 0 fully saturated rings. The first-order chi connectivity index (χ1) is 7.35. The Hall–Kier alpha value is -0.780. The quantitative estimate of drug-likeness (QED) is 0.843. The average molecular weight is 265 g/mol. The van der Waals surface area contributed by atoms with E-state index in [1.807, 2.05) is 20.8 Å². The van der Waals surface area contributed by atoms with Crippen LogP contribution in [-0.2, 0) is 14.6 Å². The minimum Gasteiger partial charge on any atom is -0.448 e. The zero-order valence-electron chi connectivity index (χ0n) is 11.5. The molecular formula is C11H23NO4S. The van der Waals surface area contributed by atoms with Gasteiger partial charge in [0.05, 0.1) is 10.5 Å². The first-order valence-corrected chi connectivity index (χ1v) is 7.18. The fraction of sp³-hybridized carbons (Fsp3) is 0.909. The SMILES string of the molecule is CC(C)(C)NC(=O)OCCS(=O)(=O)C(C)(C)C. The summed E-state index contributed by atoms with van der Waals surface area (Å²) in [7, 11) is -3.24. The molecule has 0 aromatic carbocycles. The Kier molecular flexibility index (Phi) is 5.01. The first kappa shape index (κ1) is 16.2. The van der Waals surface area contributed by atoms with E-state index >= 15 is 0 Å². The van der Waals surface area contributed by atoms with Gasteiger partial charge in [-0.2, -0.15) is 0 Å². The minimum atomic E-state index is -3.24. The van der Waals surface area contributed by atoms with E-state index in [1.165, 1.54) is 0 Å². The Morgan fingerprint density at radius 1 is 1.12 bits per heavy atom. The standard InChI is InChI=1S/C11H23NO4S/c1-10(2,3)12-9(13)16-7-8-17(14,15)11(4,5)6/h7-8H2,1-6H3,(H,12,13). The number of hydrogen-bond donors (Lipinski definition) is 1. The van der Waals surface area contributed by atoms with Crippen LogP contribution in [0, 0.1) is 0 Å². The van der Waals surface area contributed by atoms with Crippen molar-refractivity contribution in [1.82, 2.24) is 5.32 Å². The first-order valence-electron chi connectivity index (χ1n) is 5.52. The van der Waals surface area contributed by atoms with Crippen LogP contribution in [0.2, 0.25) is 0 Å². The fourth-order valence-corrected chi connectivity index (χ4v) is 1.81. The maximum atomic E-state index is 11.7. The van der Waals surface area contributed by atoms with Crippen LogP contribution in [0.15, 0.2) is 0 Å². The molecule has 0 aliphatic heterocycles. The number of rotatable bonds is 3. The second-order valence-electron chi connectivity index (χ2n) is 5.94. The van der Waals surface area contributed by atoms with Gasteiger partial charge in [-0.05, 0) is 41.5 Å². The third-order valence-electron chi connectivity index (χ3n) is 2.00. The third kappa shape index (κ3) is 6.51. The Labute approximate surface area is 104 Å². The topological polar surface area (TPSA) is 72.5 Å². The second kappa shape index (κ2) is 5.25. The molecular weight excluding hydrogens is 242 g/mol. The summed E-state index contributed by atoms with van der Waals surface area (Å²) in [5.74, 6) is -0.159. The second-order valence-corrected chi connectivity index (χ2v) is 8.80. The Morgan fingerprint density at radius 3 is 1.94 bits per heavy atom. The van der Waals surface area contributed by atoms with Crippen LogP contribution in [-0.4, -0.2) is 37.2 Å². The lowest BCUT2D eigenvalue weighted by Gasteiger charge is -2.21. The number of carbonyl (C=O) groups excluding carboxylic acids is 1. The summed E-state index contributed by atoms with van der Waals surface area (Å²) in [5.41, 5.74) is -0.389. The summed E-state index contributed by atoms with van der Waals surface area (Å²) in [6.45, 7) is 10.2. The number of amides is 1. The van der Waals surface area contributed by atoms with E-state index in [4.69, 9.17) is 4.74 Å². The highest BCUT2D eigenvalue weighted by Gasteiger charge is 2.29. The Morgan fingerprint density at radius 2 is 1.59 bits per heavy atom. The third-order valence-corrected chi connectivity index (χ3v) is 4.57. The van der Waals surface area contributed by atoms with Crippen LogP contribution >= 0.6 is 0 Å². The molecule has 0 aliphatic carbocycles. The van der Waals surface area contributed by atoms with E-state index < -0.39 is 20.7 Å². The predicted octanol–water partition coefficient (Wildman–Crippen LogP) is 1.72. The summed E-state index contributed by atoms with van der Waals surface area (Å²) >= 11 is 0. The van der Waals surface area contributed by atoms with Crippen molar-refractivity contribution in [2.24, 2.45) is 0 Å². The lowest BCUT2D eigenvalue weighted by Crippen LogP contribution is -2.41. The molecule has 1 N–H and O–H groups in total. The zero-order chi connectivity index (χ0) is 13.9. The Balaban J connectivity index is 4.15. The molecule has 17 heavy (non-hydrogen) atoms. The van der Waals surface area contributed by atoms with Gasteiger partial charge in [-0.25, -0.2) is 13.2 Å². The minimum absolute atomic E-state index is 0.123.